The van der Waals surface area contributed by atoms with E-state index in [4.69, 9.17) is 14.2 Å². The summed E-state index contributed by atoms with van der Waals surface area (Å²) in [5.74, 6) is 1.09. The molecule has 0 amide bonds. The summed E-state index contributed by atoms with van der Waals surface area (Å²) in [4.78, 5) is 12.1. The quantitative estimate of drug-likeness (QED) is 0.714. The van der Waals surface area contributed by atoms with Crippen LogP contribution in [0.3, 0.4) is 0 Å². The molecule has 22 heavy (non-hydrogen) atoms. The second-order valence-electron chi connectivity index (χ2n) is 4.32. The predicted molar refractivity (Wildman–Crippen MR) is 76.7 cm³/mol. The number of carbonyl (C=O) groups excluding carboxylic acids is 1. The monoisotopic (exact) mass is 306 g/mol. The van der Waals surface area contributed by atoms with Gasteiger partial charge in [0.1, 0.15) is 0 Å². The molecule has 0 radical (unpaired) electrons. The number of hydrogen-bond acceptors (Lipinski definition) is 7. The molecule has 0 atom stereocenters. The van der Waals surface area contributed by atoms with Gasteiger partial charge in [-0.3, -0.25) is 0 Å². The number of hydrogen-bond donors (Lipinski definition) is 0. The molecular formula is C14H18N4O4. The number of rotatable bonds is 7. The van der Waals surface area contributed by atoms with E-state index < -0.39 is 5.97 Å². The van der Waals surface area contributed by atoms with Gasteiger partial charge >= 0.3 is 5.97 Å². The van der Waals surface area contributed by atoms with Crippen molar-refractivity contribution in [2.75, 3.05) is 13.2 Å². The van der Waals surface area contributed by atoms with Gasteiger partial charge in [-0.2, -0.15) is 0 Å². The van der Waals surface area contributed by atoms with Crippen molar-refractivity contribution in [3.05, 3.63) is 29.6 Å². The minimum atomic E-state index is -0.480. The zero-order valence-electron chi connectivity index (χ0n) is 12.8. The van der Waals surface area contributed by atoms with Crippen molar-refractivity contribution in [2.45, 2.75) is 20.5 Å². The zero-order valence-corrected chi connectivity index (χ0v) is 12.8. The molecule has 0 saturated carbocycles. The maximum atomic E-state index is 12.1. The van der Waals surface area contributed by atoms with Gasteiger partial charge in [-0.25, -0.2) is 9.48 Å². The van der Waals surface area contributed by atoms with Crippen molar-refractivity contribution in [3.8, 4) is 11.5 Å². The van der Waals surface area contributed by atoms with Crippen LogP contribution in [0.2, 0.25) is 0 Å². The fourth-order valence-corrected chi connectivity index (χ4v) is 1.76. The highest BCUT2D eigenvalue weighted by Gasteiger charge is 2.14. The maximum Gasteiger partial charge on any atom is 0.338 e. The zero-order chi connectivity index (χ0) is 15.9. The molecule has 0 aliphatic heterocycles. The van der Waals surface area contributed by atoms with Crippen molar-refractivity contribution < 1.29 is 19.0 Å². The fourth-order valence-electron chi connectivity index (χ4n) is 1.76. The number of carbonyl (C=O) groups is 1. The molecule has 2 aromatic rings. The van der Waals surface area contributed by atoms with Crippen LogP contribution in [0.15, 0.2) is 18.2 Å². The topological polar surface area (TPSA) is 88.4 Å². The van der Waals surface area contributed by atoms with Gasteiger partial charge in [-0.05, 0) is 42.5 Å². The van der Waals surface area contributed by atoms with Crippen molar-refractivity contribution >= 4 is 5.97 Å². The molecule has 1 aromatic carbocycles. The first kappa shape index (κ1) is 15.7. The van der Waals surface area contributed by atoms with Crippen molar-refractivity contribution in [1.82, 2.24) is 20.2 Å². The first-order valence-corrected chi connectivity index (χ1v) is 6.93. The Hall–Kier alpha value is -2.64. The number of tetrazole rings is 1. The summed E-state index contributed by atoms with van der Waals surface area (Å²) in [7, 11) is 1.67. The molecule has 0 fully saturated rings. The van der Waals surface area contributed by atoms with E-state index in [1.165, 1.54) is 4.68 Å². The van der Waals surface area contributed by atoms with Crippen LogP contribution in [0.1, 0.15) is 30.0 Å². The van der Waals surface area contributed by atoms with Gasteiger partial charge in [0.15, 0.2) is 23.9 Å². The van der Waals surface area contributed by atoms with E-state index in [2.05, 4.69) is 15.5 Å². The average Bonchev–Trinajstić information content (AvgIpc) is 2.92. The Kier molecular flexibility index (Phi) is 5.29. The lowest BCUT2D eigenvalue weighted by Crippen LogP contribution is -2.09. The number of ether oxygens (including phenoxy) is 3. The summed E-state index contributed by atoms with van der Waals surface area (Å²) in [5.41, 5.74) is 0.377. The van der Waals surface area contributed by atoms with Crippen LogP contribution in [-0.2, 0) is 18.4 Å². The van der Waals surface area contributed by atoms with Crippen LogP contribution < -0.4 is 9.47 Å². The lowest BCUT2D eigenvalue weighted by Gasteiger charge is -2.12. The van der Waals surface area contributed by atoms with Gasteiger partial charge in [0.05, 0.1) is 18.8 Å². The average molecular weight is 306 g/mol. The standard InChI is InChI=1S/C14H18N4O4/c1-4-20-11-7-6-10(8-12(11)21-5-2)14(19)22-9-13-15-16-17-18(13)3/h6-8H,4-5,9H2,1-3H3. The Morgan fingerprint density at radius 2 is 1.91 bits per heavy atom. The fraction of sp³-hybridized carbons (Fsp3) is 0.429. The van der Waals surface area contributed by atoms with E-state index in [0.717, 1.165) is 0 Å². The third-order valence-electron chi connectivity index (χ3n) is 2.82. The summed E-state index contributed by atoms with van der Waals surface area (Å²) in [6.07, 6.45) is 0. The van der Waals surface area contributed by atoms with Crippen LogP contribution in [0.4, 0.5) is 0 Å². The molecule has 0 N–H and O–H groups in total. The number of nitrogens with zero attached hydrogens (tertiary/aromatic N) is 4. The molecule has 0 unspecified atom stereocenters. The SMILES string of the molecule is CCOc1ccc(C(=O)OCc2nnnn2C)cc1OCC. The van der Waals surface area contributed by atoms with Gasteiger partial charge in [-0.15, -0.1) is 5.10 Å². The minimum absolute atomic E-state index is 0.000483. The van der Waals surface area contributed by atoms with Gasteiger partial charge < -0.3 is 14.2 Å². The van der Waals surface area contributed by atoms with Crippen molar-refractivity contribution in [2.24, 2.45) is 7.05 Å². The van der Waals surface area contributed by atoms with Crippen LogP contribution in [0.25, 0.3) is 0 Å². The molecule has 1 heterocycles. The third-order valence-corrected chi connectivity index (χ3v) is 2.82. The Morgan fingerprint density at radius 1 is 1.18 bits per heavy atom. The van der Waals surface area contributed by atoms with Gasteiger partial charge in [-0.1, -0.05) is 0 Å². The Balaban J connectivity index is 2.08. The van der Waals surface area contributed by atoms with E-state index in [1.54, 1.807) is 25.2 Å². The number of aromatic nitrogens is 4. The molecule has 0 saturated heterocycles. The van der Waals surface area contributed by atoms with E-state index >= 15 is 0 Å². The predicted octanol–water partition coefficient (Wildman–Crippen LogP) is 1.36. The van der Waals surface area contributed by atoms with Crippen LogP contribution >= 0.6 is 0 Å². The maximum absolute atomic E-state index is 12.1. The molecule has 8 heteroatoms. The summed E-state index contributed by atoms with van der Waals surface area (Å²) in [5, 5.41) is 10.9. The number of benzene rings is 1. The Bertz CT molecular complexity index is 642. The van der Waals surface area contributed by atoms with Gasteiger partial charge in [0.25, 0.3) is 0 Å². The van der Waals surface area contributed by atoms with Crippen LogP contribution in [0, 0.1) is 0 Å². The van der Waals surface area contributed by atoms with E-state index in [-0.39, 0.29) is 6.61 Å². The lowest BCUT2D eigenvalue weighted by molar-refractivity contribution is 0.0457. The Morgan fingerprint density at radius 3 is 2.55 bits per heavy atom. The van der Waals surface area contributed by atoms with Crippen molar-refractivity contribution in [3.63, 3.8) is 0 Å². The van der Waals surface area contributed by atoms with Crippen LogP contribution in [-0.4, -0.2) is 39.4 Å². The van der Waals surface area contributed by atoms with Gasteiger partial charge in [0, 0.05) is 7.05 Å². The highest BCUT2D eigenvalue weighted by atomic mass is 16.5. The normalized spacial score (nSPS) is 10.3. The van der Waals surface area contributed by atoms with E-state index in [9.17, 15) is 4.79 Å². The second-order valence-corrected chi connectivity index (χ2v) is 4.32. The lowest BCUT2D eigenvalue weighted by atomic mass is 10.2. The highest BCUT2D eigenvalue weighted by molar-refractivity contribution is 5.90. The number of esters is 1. The molecule has 2 rings (SSSR count). The van der Waals surface area contributed by atoms with Crippen molar-refractivity contribution in [1.29, 1.82) is 0 Å². The molecule has 1 aromatic heterocycles. The van der Waals surface area contributed by atoms with Gasteiger partial charge in [0.2, 0.25) is 0 Å². The van der Waals surface area contributed by atoms with E-state index in [0.29, 0.717) is 36.1 Å². The molecule has 0 spiro atoms. The first-order chi connectivity index (χ1) is 10.7. The van der Waals surface area contributed by atoms with Crippen LogP contribution in [0.5, 0.6) is 11.5 Å². The highest BCUT2D eigenvalue weighted by Crippen LogP contribution is 2.28. The first-order valence-electron chi connectivity index (χ1n) is 6.93. The molecule has 8 nitrogen and oxygen atoms in total. The molecule has 0 bridgehead atoms. The largest absolute Gasteiger partial charge is 0.490 e. The minimum Gasteiger partial charge on any atom is -0.490 e. The summed E-state index contributed by atoms with van der Waals surface area (Å²) < 4.78 is 17.6. The Labute approximate surface area is 128 Å². The molecule has 0 aliphatic rings. The summed E-state index contributed by atoms with van der Waals surface area (Å²) in [6, 6.07) is 4.92. The third kappa shape index (κ3) is 3.72. The smallest absolute Gasteiger partial charge is 0.338 e. The molecule has 118 valence electrons. The van der Waals surface area contributed by atoms with E-state index in [1.807, 2.05) is 13.8 Å². The second kappa shape index (κ2) is 7.39. The summed E-state index contributed by atoms with van der Waals surface area (Å²) >= 11 is 0. The summed E-state index contributed by atoms with van der Waals surface area (Å²) in [6.45, 7) is 4.74. The number of aryl methyl sites for hydroxylation is 1. The molecule has 0 aliphatic carbocycles. The molecular weight excluding hydrogens is 288 g/mol.